The minimum Gasteiger partial charge on any atom is -0.264 e. The van der Waals surface area contributed by atoms with Crippen LogP contribution < -0.4 is 0 Å². The van der Waals surface area contributed by atoms with Gasteiger partial charge in [0.15, 0.2) is 0 Å². The molecule has 0 aromatic carbocycles. The third-order valence-electron chi connectivity index (χ3n) is 1.89. The van der Waals surface area contributed by atoms with Gasteiger partial charge in [0.1, 0.15) is 0 Å². The Morgan fingerprint density at radius 1 is 0.875 bits per heavy atom. The first-order valence-electron chi connectivity index (χ1n) is 6.09. The smallest absolute Gasteiger partial charge is 0.264 e. The van der Waals surface area contributed by atoms with Crippen molar-refractivity contribution in [3.8, 4) is 0 Å². The largest absolute Gasteiger partial charge is 0.397 e. The minimum atomic E-state index is -4.19. The maximum atomic E-state index is 9.72. The van der Waals surface area contributed by atoms with Crippen LogP contribution in [-0.4, -0.2) is 19.6 Å². The molecule has 0 spiro atoms. The first-order valence-corrected chi connectivity index (χ1v) is 7.46. The lowest BCUT2D eigenvalue weighted by atomic mass is 10.1. The summed E-state index contributed by atoms with van der Waals surface area (Å²) in [5.74, 6) is 0. The molecule has 0 radical (unpaired) electrons. The van der Waals surface area contributed by atoms with Crippen molar-refractivity contribution in [2.75, 3.05) is 6.61 Å². The summed E-state index contributed by atoms with van der Waals surface area (Å²) >= 11 is 0. The summed E-state index contributed by atoms with van der Waals surface area (Å²) in [7, 11) is -4.19. The third-order valence-corrected chi connectivity index (χ3v) is 2.36. The molecule has 0 aliphatic carbocycles. The van der Waals surface area contributed by atoms with Gasteiger partial charge in [-0.15, -0.1) is 0 Å². The van der Waals surface area contributed by atoms with E-state index in [0.717, 1.165) is 0 Å². The highest BCUT2D eigenvalue weighted by molar-refractivity contribution is 7.80. The van der Waals surface area contributed by atoms with E-state index >= 15 is 0 Å². The van der Waals surface area contributed by atoms with Crippen molar-refractivity contribution in [1.82, 2.24) is 0 Å². The second-order valence-corrected chi connectivity index (χ2v) is 4.76. The maximum Gasteiger partial charge on any atom is 0.397 e. The molecule has 0 saturated heterocycles. The molecule has 0 saturated carbocycles. The molecule has 1 N–H and O–H groups in total. The summed E-state index contributed by atoms with van der Waals surface area (Å²) < 4.78 is 31.3. The summed E-state index contributed by atoms with van der Waals surface area (Å²) in [5, 5.41) is 0. The van der Waals surface area contributed by atoms with Crippen LogP contribution in [0.3, 0.4) is 0 Å². The molecule has 0 unspecified atom stereocenters. The summed E-state index contributed by atoms with van der Waals surface area (Å²) in [4.78, 5) is 0. The van der Waals surface area contributed by atoms with E-state index in [1.807, 2.05) is 0 Å². The van der Waals surface area contributed by atoms with Crippen LogP contribution in [0.25, 0.3) is 0 Å². The molecule has 4 nitrogen and oxygen atoms in total. The molecule has 0 aliphatic rings. The van der Waals surface area contributed by atoms with Crippen molar-refractivity contribution >= 4 is 10.4 Å². The highest BCUT2D eigenvalue weighted by atomic mass is 32.3. The molecular formula is C11H26O4S. The Labute approximate surface area is 100 Å². The number of rotatable bonds is 8. The average Bonchev–Trinajstić information content (AvgIpc) is 2.22. The highest BCUT2D eigenvalue weighted by Gasteiger charge is 1.99. The molecule has 0 amide bonds. The Morgan fingerprint density at radius 3 is 1.50 bits per heavy atom. The summed E-state index contributed by atoms with van der Waals surface area (Å²) in [6.45, 7) is 6.29. The van der Waals surface area contributed by atoms with Gasteiger partial charge in [-0.3, -0.25) is 4.55 Å². The molecule has 0 atom stereocenters. The lowest BCUT2D eigenvalue weighted by Gasteiger charge is -1.93. The fourth-order valence-electron chi connectivity index (χ4n) is 1.04. The summed E-state index contributed by atoms with van der Waals surface area (Å²) in [5.41, 5.74) is 0. The van der Waals surface area contributed by atoms with Gasteiger partial charge in [0.25, 0.3) is 0 Å². The SMILES string of the molecule is CCCCCCCC.CCCOS(=O)(=O)O. The van der Waals surface area contributed by atoms with Crippen LogP contribution in [0.4, 0.5) is 0 Å². The topological polar surface area (TPSA) is 63.6 Å². The molecular weight excluding hydrogens is 228 g/mol. The highest BCUT2D eigenvalue weighted by Crippen LogP contribution is 2.03. The van der Waals surface area contributed by atoms with Crippen molar-refractivity contribution in [3.05, 3.63) is 0 Å². The zero-order chi connectivity index (χ0) is 12.9. The van der Waals surface area contributed by atoms with Gasteiger partial charge >= 0.3 is 10.4 Å². The van der Waals surface area contributed by atoms with E-state index in [0.29, 0.717) is 6.42 Å². The Morgan fingerprint density at radius 2 is 1.31 bits per heavy atom. The quantitative estimate of drug-likeness (QED) is 0.531. The molecule has 0 fully saturated rings. The van der Waals surface area contributed by atoms with Gasteiger partial charge in [-0.05, 0) is 6.42 Å². The number of hydrogen-bond donors (Lipinski definition) is 1. The van der Waals surface area contributed by atoms with Gasteiger partial charge in [-0.1, -0.05) is 59.3 Å². The van der Waals surface area contributed by atoms with Crippen molar-refractivity contribution in [2.24, 2.45) is 0 Å². The standard InChI is InChI=1S/C8H18.C3H8O4S/c1-3-5-7-8-6-4-2;1-2-3-7-8(4,5)6/h3-8H2,1-2H3;2-3H2,1H3,(H,4,5,6). The van der Waals surface area contributed by atoms with Gasteiger partial charge in [-0.2, -0.15) is 8.42 Å². The Hall–Kier alpha value is -0.130. The van der Waals surface area contributed by atoms with E-state index < -0.39 is 10.4 Å². The molecule has 16 heavy (non-hydrogen) atoms. The van der Waals surface area contributed by atoms with Crippen LogP contribution in [0.5, 0.6) is 0 Å². The molecule has 0 aromatic rings. The van der Waals surface area contributed by atoms with E-state index in [-0.39, 0.29) is 6.61 Å². The maximum absolute atomic E-state index is 9.72. The normalized spacial score (nSPS) is 10.8. The van der Waals surface area contributed by atoms with Crippen molar-refractivity contribution in [1.29, 1.82) is 0 Å². The average molecular weight is 254 g/mol. The van der Waals surface area contributed by atoms with Crippen LogP contribution in [0.15, 0.2) is 0 Å². The van der Waals surface area contributed by atoms with E-state index in [2.05, 4.69) is 18.0 Å². The van der Waals surface area contributed by atoms with E-state index in [1.54, 1.807) is 6.92 Å². The van der Waals surface area contributed by atoms with Crippen molar-refractivity contribution < 1.29 is 17.2 Å². The van der Waals surface area contributed by atoms with Gasteiger partial charge in [-0.25, -0.2) is 4.18 Å². The monoisotopic (exact) mass is 254 g/mol. The lowest BCUT2D eigenvalue weighted by Crippen LogP contribution is -2.03. The number of hydrogen-bond acceptors (Lipinski definition) is 3. The fourth-order valence-corrected chi connectivity index (χ4v) is 1.42. The van der Waals surface area contributed by atoms with E-state index in [4.69, 9.17) is 4.55 Å². The number of unbranched alkanes of at least 4 members (excludes halogenated alkanes) is 5. The minimum absolute atomic E-state index is 0.0405. The summed E-state index contributed by atoms with van der Waals surface area (Å²) in [6.07, 6.45) is 9.06. The van der Waals surface area contributed by atoms with Crippen LogP contribution in [-0.2, 0) is 14.6 Å². The Bertz CT molecular complexity index is 206. The van der Waals surface area contributed by atoms with Gasteiger partial charge in [0.05, 0.1) is 6.61 Å². The zero-order valence-corrected chi connectivity index (χ0v) is 11.6. The molecule has 0 bridgehead atoms. The Balaban J connectivity index is 0. The van der Waals surface area contributed by atoms with Crippen LogP contribution in [0, 0.1) is 0 Å². The first kappa shape index (κ1) is 18.2. The summed E-state index contributed by atoms with van der Waals surface area (Å²) in [6, 6.07) is 0. The van der Waals surface area contributed by atoms with Crippen LogP contribution in [0.2, 0.25) is 0 Å². The second-order valence-electron chi connectivity index (χ2n) is 3.66. The van der Waals surface area contributed by atoms with E-state index in [9.17, 15) is 8.42 Å². The fraction of sp³-hybridized carbons (Fsp3) is 1.00. The van der Waals surface area contributed by atoms with Gasteiger partial charge < -0.3 is 0 Å². The third kappa shape index (κ3) is 23.6. The van der Waals surface area contributed by atoms with Crippen molar-refractivity contribution in [2.45, 2.75) is 65.7 Å². The zero-order valence-electron chi connectivity index (χ0n) is 10.7. The van der Waals surface area contributed by atoms with Crippen LogP contribution in [0.1, 0.15) is 65.7 Å². The van der Waals surface area contributed by atoms with Crippen LogP contribution >= 0.6 is 0 Å². The first-order chi connectivity index (χ1) is 7.47. The van der Waals surface area contributed by atoms with Gasteiger partial charge in [0.2, 0.25) is 0 Å². The molecule has 0 rings (SSSR count). The van der Waals surface area contributed by atoms with E-state index in [1.165, 1.54) is 38.5 Å². The lowest BCUT2D eigenvalue weighted by molar-refractivity contribution is 0.269. The molecule has 0 aliphatic heterocycles. The molecule has 5 heteroatoms. The van der Waals surface area contributed by atoms with Gasteiger partial charge in [0, 0.05) is 0 Å². The predicted molar refractivity (Wildman–Crippen MR) is 66.8 cm³/mol. The second kappa shape index (κ2) is 12.9. The predicted octanol–water partition coefficient (Wildman–Crippen LogP) is 3.58. The molecule has 0 heterocycles. The molecule has 0 aromatic heterocycles. The van der Waals surface area contributed by atoms with Crippen molar-refractivity contribution in [3.63, 3.8) is 0 Å². The Kier molecular flexibility index (Phi) is 14.7. The molecule has 100 valence electrons.